The lowest BCUT2D eigenvalue weighted by molar-refractivity contribution is 0.0967. The van der Waals surface area contributed by atoms with Gasteiger partial charge in [0.25, 0.3) is 0 Å². The van der Waals surface area contributed by atoms with Crippen molar-refractivity contribution in [1.29, 1.82) is 0 Å². The van der Waals surface area contributed by atoms with Crippen LogP contribution in [0.2, 0.25) is 0 Å². The van der Waals surface area contributed by atoms with Gasteiger partial charge in [-0.15, -0.1) is 0 Å². The highest BCUT2D eigenvalue weighted by atomic mass is 16.1. The Morgan fingerprint density at radius 3 is 2.95 bits per heavy atom. The van der Waals surface area contributed by atoms with Crippen molar-refractivity contribution in [2.24, 2.45) is 5.92 Å². The number of hydrogen-bond donors (Lipinski definition) is 0. The Morgan fingerprint density at radius 2 is 2.26 bits per heavy atom. The van der Waals surface area contributed by atoms with Crippen molar-refractivity contribution in [2.45, 2.75) is 39.3 Å². The molecule has 0 aromatic carbocycles. The number of Topliss-reactive ketones (excluding diaryl/α,β-unsaturated/α-hetero) is 1. The first kappa shape index (κ1) is 12.1. The predicted octanol–water partition coefficient (Wildman–Crippen LogP) is 2.30. The van der Waals surface area contributed by atoms with E-state index in [9.17, 15) is 4.79 Å². The first-order valence-electron chi connectivity index (χ1n) is 6.73. The number of aromatic nitrogens is 4. The SMILES string of the molecule is CC(C)n1ncnc1Cn1ccc(C(=O)C2CC2)c1. The minimum Gasteiger partial charge on any atom is -0.346 e. The number of nitrogens with zero attached hydrogens (tertiary/aromatic N) is 4. The Bertz CT molecular complexity index is 592. The van der Waals surface area contributed by atoms with Gasteiger partial charge < -0.3 is 4.57 Å². The zero-order valence-electron chi connectivity index (χ0n) is 11.3. The lowest BCUT2D eigenvalue weighted by atomic mass is 10.1. The van der Waals surface area contributed by atoms with E-state index in [2.05, 4.69) is 23.9 Å². The number of ketones is 1. The molecule has 0 radical (unpaired) electrons. The molecule has 3 rings (SSSR count). The van der Waals surface area contributed by atoms with Crippen LogP contribution in [0.4, 0.5) is 0 Å². The average Bonchev–Trinajstić information content (AvgIpc) is 2.94. The third kappa shape index (κ3) is 2.45. The van der Waals surface area contributed by atoms with Gasteiger partial charge in [0.15, 0.2) is 5.78 Å². The van der Waals surface area contributed by atoms with Gasteiger partial charge in [-0.05, 0) is 32.8 Å². The quantitative estimate of drug-likeness (QED) is 0.773. The summed E-state index contributed by atoms with van der Waals surface area (Å²) in [6.45, 7) is 4.81. The third-order valence-electron chi connectivity index (χ3n) is 3.44. The third-order valence-corrected chi connectivity index (χ3v) is 3.44. The lowest BCUT2D eigenvalue weighted by Crippen LogP contribution is -2.11. The van der Waals surface area contributed by atoms with Crippen molar-refractivity contribution in [2.75, 3.05) is 0 Å². The van der Waals surface area contributed by atoms with Crippen LogP contribution in [0.25, 0.3) is 0 Å². The van der Waals surface area contributed by atoms with Crippen LogP contribution in [-0.4, -0.2) is 25.1 Å². The van der Waals surface area contributed by atoms with Gasteiger partial charge in [0.2, 0.25) is 0 Å². The molecule has 0 unspecified atom stereocenters. The molecule has 1 aliphatic rings. The molecule has 2 heterocycles. The topological polar surface area (TPSA) is 52.7 Å². The smallest absolute Gasteiger partial charge is 0.167 e. The first-order chi connectivity index (χ1) is 9.15. The molecule has 1 fully saturated rings. The van der Waals surface area contributed by atoms with Crippen LogP contribution in [-0.2, 0) is 6.54 Å². The molecular weight excluding hydrogens is 240 g/mol. The normalized spacial score (nSPS) is 15.1. The van der Waals surface area contributed by atoms with Crippen molar-refractivity contribution in [3.63, 3.8) is 0 Å². The second-order valence-electron chi connectivity index (χ2n) is 5.43. The highest BCUT2D eigenvalue weighted by Crippen LogP contribution is 2.32. The molecule has 0 bridgehead atoms. The molecule has 0 atom stereocenters. The van der Waals surface area contributed by atoms with Gasteiger partial charge in [-0.1, -0.05) is 0 Å². The van der Waals surface area contributed by atoms with Crippen molar-refractivity contribution < 1.29 is 4.79 Å². The Hall–Kier alpha value is -1.91. The molecule has 0 N–H and O–H groups in total. The maximum Gasteiger partial charge on any atom is 0.167 e. The van der Waals surface area contributed by atoms with E-state index < -0.39 is 0 Å². The molecule has 2 aromatic rings. The first-order valence-corrected chi connectivity index (χ1v) is 6.73. The zero-order valence-corrected chi connectivity index (χ0v) is 11.3. The minimum atomic E-state index is 0.273. The van der Waals surface area contributed by atoms with Gasteiger partial charge >= 0.3 is 0 Å². The molecule has 100 valence electrons. The monoisotopic (exact) mass is 258 g/mol. The summed E-state index contributed by atoms with van der Waals surface area (Å²) in [4.78, 5) is 16.2. The minimum absolute atomic E-state index is 0.273. The Balaban J connectivity index is 1.76. The van der Waals surface area contributed by atoms with Crippen LogP contribution in [0.5, 0.6) is 0 Å². The highest BCUT2D eigenvalue weighted by molar-refractivity contribution is 5.99. The second kappa shape index (κ2) is 4.64. The van der Waals surface area contributed by atoms with E-state index in [4.69, 9.17) is 0 Å². The summed E-state index contributed by atoms with van der Waals surface area (Å²) < 4.78 is 3.90. The molecular formula is C14H18N4O. The number of carbonyl (C=O) groups is 1. The predicted molar refractivity (Wildman–Crippen MR) is 71.0 cm³/mol. The van der Waals surface area contributed by atoms with Crippen LogP contribution in [0.15, 0.2) is 24.8 Å². The van der Waals surface area contributed by atoms with E-state index in [-0.39, 0.29) is 11.7 Å². The van der Waals surface area contributed by atoms with Crippen LogP contribution >= 0.6 is 0 Å². The molecule has 0 saturated heterocycles. The largest absolute Gasteiger partial charge is 0.346 e. The van der Waals surface area contributed by atoms with E-state index >= 15 is 0 Å². The van der Waals surface area contributed by atoms with Crippen LogP contribution in [0, 0.1) is 5.92 Å². The summed E-state index contributed by atoms with van der Waals surface area (Å²) in [7, 11) is 0. The summed E-state index contributed by atoms with van der Waals surface area (Å²) in [6.07, 6.45) is 7.53. The Morgan fingerprint density at radius 1 is 1.47 bits per heavy atom. The molecule has 5 heteroatoms. The summed E-state index contributed by atoms with van der Waals surface area (Å²) in [5, 5.41) is 4.22. The van der Waals surface area contributed by atoms with E-state index in [1.54, 1.807) is 6.33 Å². The van der Waals surface area contributed by atoms with E-state index in [1.807, 2.05) is 27.7 Å². The zero-order chi connectivity index (χ0) is 13.4. The van der Waals surface area contributed by atoms with E-state index in [1.165, 1.54) is 0 Å². The van der Waals surface area contributed by atoms with Gasteiger partial charge in [0, 0.05) is 29.9 Å². The van der Waals surface area contributed by atoms with Crippen molar-refractivity contribution in [3.05, 3.63) is 36.2 Å². The molecule has 2 aromatic heterocycles. The molecule has 19 heavy (non-hydrogen) atoms. The lowest BCUT2D eigenvalue weighted by Gasteiger charge is -2.09. The summed E-state index contributed by atoms with van der Waals surface area (Å²) in [5.74, 6) is 1.47. The molecule has 1 saturated carbocycles. The number of rotatable bonds is 5. The van der Waals surface area contributed by atoms with Gasteiger partial charge in [0.05, 0.1) is 6.54 Å². The fourth-order valence-corrected chi connectivity index (χ4v) is 2.25. The van der Waals surface area contributed by atoms with Crippen molar-refractivity contribution in [1.82, 2.24) is 19.3 Å². The maximum atomic E-state index is 12.0. The van der Waals surface area contributed by atoms with E-state index in [0.717, 1.165) is 24.2 Å². The molecule has 0 amide bonds. The summed E-state index contributed by atoms with van der Waals surface area (Å²) in [5.41, 5.74) is 0.818. The van der Waals surface area contributed by atoms with E-state index in [0.29, 0.717) is 12.6 Å². The van der Waals surface area contributed by atoms with Crippen molar-refractivity contribution in [3.8, 4) is 0 Å². The Kier molecular flexibility index (Phi) is 2.97. The molecule has 1 aliphatic carbocycles. The van der Waals surface area contributed by atoms with Crippen LogP contribution < -0.4 is 0 Å². The average molecular weight is 258 g/mol. The summed E-state index contributed by atoms with van der Waals surface area (Å²) in [6, 6.07) is 2.19. The van der Waals surface area contributed by atoms with Crippen LogP contribution in [0.3, 0.4) is 0 Å². The fourth-order valence-electron chi connectivity index (χ4n) is 2.25. The fraction of sp³-hybridized carbons (Fsp3) is 0.500. The molecule has 5 nitrogen and oxygen atoms in total. The van der Waals surface area contributed by atoms with Crippen molar-refractivity contribution >= 4 is 5.78 Å². The summed E-state index contributed by atoms with van der Waals surface area (Å²) >= 11 is 0. The maximum absolute atomic E-state index is 12.0. The van der Waals surface area contributed by atoms with Gasteiger partial charge in [-0.2, -0.15) is 5.10 Å². The van der Waals surface area contributed by atoms with Gasteiger partial charge in [0.1, 0.15) is 12.2 Å². The highest BCUT2D eigenvalue weighted by Gasteiger charge is 2.30. The van der Waals surface area contributed by atoms with Gasteiger partial charge in [-0.3, -0.25) is 4.79 Å². The number of carbonyl (C=O) groups excluding carboxylic acids is 1. The standard InChI is InChI=1S/C14H18N4O/c1-10(2)18-13(15-9-16-18)8-17-6-5-12(7-17)14(19)11-3-4-11/h5-7,9-11H,3-4,8H2,1-2H3. The van der Waals surface area contributed by atoms with Gasteiger partial charge in [-0.25, -0.2) is 9.67 Å². The van der Waals surface area contributed by atoms with Crippen LogP contribution in [0.1, 0.15) is 48.9 Å². The Labute approximate surface area is 112 Å². The second-order valence-corrected chi connectivity index (χ2v) is 5.43. The molecule has 0 spiro atoms. The number of hydrogen-bond acceptors (Lipinski definition) is 3. The molecule has 0 aliphatic heterocycles.